The summed E-state index contributed by atoms with van der Waals surface area (Å²) in [6.07, 6.45) is 0.440. The average Bonchev–Trinajstić information content (AvgIpc) is 2.06. The van der Waals surface area contributed by atoms with E-state index in [9.17, 15) is 4.79 Å². The number of hydrogen-bond donors (Lipinski definition) is 1. The second kappa shape index (κ2) is 2.92. The van der Waals surface area contributed by atoms with Gasteiger partial charge in [0.15, 0.2) is 0 Å². The number of nitrogens with one attached hydrogen (secondary N) is 1. The predicted molar refractivity (Wildman–Crippen MR) is 54.7 cm³/mol. The van der Waals surface area contributed by atoms with E-state index in [1.54, 1.807) is 0 Å². The predicted octanol–water partition coefficient (Wildman–Crippen LogP) is 1.34. The lowest BCUT2D eigenvalue weighted by atomic mass is 9.98. The number of benzene rings is 1. The summed E-state index contributed by atoms with van der Waals surface area (Å²) in [5.74, 6) is -0.0126. The average molecular weight is 191 g/mol. The molecule has 0 bridgehead atoms. The number of carbonyl (C=O) groups is 1. The fourth-order valence-electron chi connectivity index (χ4n) is 1.47. The minimum Gasteiger partial charge on any atom is -0.316 e. The molecule has 1 heterocycles. The number of rotatable bonds is 0. The fourth-order valence-corrected chi connectivity index (χ4v) is 1.77. The molecule has 1 N–H and O–H groups in total. The molecule has 3 heteroatoms. The highest BCUT2D eigenvalue weighted by atomic mass is 32.1. The Morgan fingerprint density at radius 1 is 1.46 bits per heavy atom. The maximum atomic E-state index is 11.1. The number of fused-ring (bicyclic) bond motifs is 1. The Morgan fingerprint density at radius 2 is 2.23 bits per heavy atom. The van der Waals surface area contributed by atoms with Crippen molar-refractivity contribution in [3.63, 3.8) is 0 Å². The molecule has 2 rings (SSSR count). The molecule has 66 valence electrons. The molecule has 2 nitrogen and oxygen atoms in total. The molecule has 0 saturated heterocycles. The van der Waals surface area contributed by atoms with Crippen LogP contribution < -0.4 is 5.32 Å². The quantitative estimate of drug-likeness (QED) is 0.627. The largest absolute Gasteiger partial charge is 0.316 e. The van der Waals surface area contributed by atoms with Crippen LogP contribution >= 0.6 is 12.2 Å². The van der Waals surface area contributed by atoms with Gasteiger partial charge in [0.25, 0.3) is 0 Å². The van der Waals surface area contributed by atoms with Crippen LogP contribution in [0.25, 0.3) is 0 Å². The van der Waals surface area contributed by atoms with Crippen LogP contribution in [0.2, 0.25) is 0 Å². The van der Waals surface area contributed by atoms with E-state index in [1.165, 1.54) is 0 Å². The Labute approximate surface area is 82.0 Å². The molecule has 1 aliphatic rings. The number of aryl methyl sites for hydroxylation is 1. The minimum absolute atomic E-state index is 0.0126. The maximum Gasteiger partial charge on any atom is 0.229 e. The summed E-state index contributed by atoms with van der Waals surface area (Å²) in [6, 6.07) is 5.98. The molecule has 1 aliphatic heterocycles. The van der Waals surface area contributed by atoms with Crippen LogP contribution in [0.1, 0.15) is 16.7 Å². The smallest absolute Gasteiger partial charge is 0.229 e. The van der Waals surface area contributed by atoms with E-state index >= 15 is 0 Å². The van der Waals surface area contributed by atoms with E-state index < -0.39 is 0 Å². The lowest BCUT2D eigenvalue weighted by Crippen LogP contribution is -2.36. The van der Waals surface area contributed by atoms with Crippen molar-refractivity contribution >= 4 is 23.1 Å². The fraction of sp³-hybridized carbons (Fsp3) is 0.200. The van der Waals surface area contributed by atoms with Crippen molar-refractivity contribution in [2.24, 2.45) is 0 Å². The molecule has 0 atom stereocenters. The first-order valence-electron chi connectivity index (χ1n) is 4.10. The first kappa shape index (κ1) is 8.38. The molecule has 1 aromatic carbocycles. The van der Waals surface area contributed by atoms with Gasteiger partial charge in [0.2, 0.25) is 5.91 Å². The molecule has 0 fully saturated rings. The van der Waals surface area contributed by atoms with Gasteiger partial charge in [0.1, 0.15) is 4.99 Å². The van der Waals surface area contributed by atoms with Crippen LogP contribution in [-0.2, 0) is 11.2 Å². The monoisotopic (exact) mass is 191 g/mol. The van der Waals surface area contributed by atoms with Gasteiger partial charge in [-0.1, -0.05) is 29.9 Å². The van der Waals surface area contributed by atoms with Crippen LogP contribution in [0, 0.1) is 6.92 Å². The third-order valence-electron chi connectivity index (χ3n) is 2.11. The zero-order chi connectivity index (χ0) is 9.42. The zero-order valence-corrected chi connectivity index (χ0v) is 8.07. The lowest BCUT2D eigenvalue weighted by molar-refractivity contribution is -0.119. The van der Waals surface area contributed by atoms with Crippen LogP contribution in [0.15, 0.2) is 18.2 Å². The van der Waals surface area contributed by atoms with Gasteiger partial charge in [0, 0.05) is 5.56 Å². The number of hydrogen-bond acceptors (Lipinski definition) is 2. The van der Waals surface area contributed by atoms with Crippen molar-refractivity contribution in [3.05, 3.63) is 34.9 Å². The van der Waals surface area contributed by atoms with Gasteiger partial charge < -0.3 is 5.32 Å². The Bertz CT molecular complexity index is 398. The summed E-state index contributed by atoms with van der Waals surface area (Å²) in [7, 11) is 0. The number of thiocarbonyl (C=S) groups is 1. The standard InChI is InChI=1S/C10H9NOS/c1-6-2-3-7-5-9(12)11-10(13)8(7)4-6/h2-4H,5H2,1H3,(H,11,12,13). The van der Waals surface area contributed by atoms with Gasteiger partial charge in [-0.25, -0.2) is 0 Å². The molecule has 0 radical (unpaired) electrons. The summed E-state index contributed by atoms with van der Waals surface area (Å²) < 4.78 is 0. The Hall–Kier alpha value is -1.22. The van der Waals surface area contributed by atoms with Crippen molar-refractivity contribution in [3.8, 4) is 0 Å². The molecule has 0 spiro atoms. The zero-order valence-electron chi connectivity index (χ0n) is 7.26. The molecule has 0 aliphatic carbocycles. The van der Waals surface area contributed by atoms with Crippen molar-refractivity contribution in [2.45, 2.75) is 13.3 Å². The van der Waals surface area contributed by atoms with E-state index in [4.69, 9.17) is 12.2 Å². The molecule has 13 heavy (non-hydrogen) atoms. The Balaban J connectivity index is 2.55. The normalized spacial score (nSPS) is 15.2. The Kier molecular flexibility index (Phi) is 1.88. The first-order valence-corrected chi connectivity index (χ1v) is 4.51. The summed E-state index contributed by atoms with van der Waals surface area (Å²) in [5, 5.41) is 2.66. The summed E-state index contributed by atoms with van der Waals surface area (Å²) in [4.78, 5) is 11.7. The van der Waals surface area contributed by atoms with Gasteiger partial charge in [-0.3, -0.25) is 4.79 Å². The van der Waals surface area contributed by atoms with E-state index in [0.29, 0.717) is 11.4 Å². The van der Waals surface area contributed by atoms with E-state index in [-0.39, 0.29) is 5.91 Å². The van der Waals surface area contributed by atoms with Crippen molar-refractivity contribution < 1.29 is 4.79 Å². The number of amides is 1. The highest BCUT2D eigenvalue weighted by Crippen LogP contribution is 2.16. The third-order valence-corrected chi connectivity index (χ3v) is 2.44. The van der Waals surface area contributed by atoms with Crippen LogP contribution in [-0.4, -0.2) is 10.9 Å². The van der Waals surface area contributed by atoms with Crippen molar-refractivity contribution in [2.75, 3.05) is 0 Å². The van der Waals surface area contributed by atoms with E-state index in [0.717, 1.165) is 16.7 Å². The second-order valence-corrected chi connectivity index (χ2v) is 3.62. The van der Waals surface area contributed by atoms with Gasteiger partial charge in [-0.05, 0) is 18.6 Å². The molecule has 1 amide bonds. The molecule has 0 unspecified atom stereocenters. The first-order chi connectivity index (χ1) is 6.16. The highest BCUT2D eigenvalue weighted by molar-refractivity contribution is 7.80. The second-order valence-electron chi connectivity index (χ2n) is 3.21. The third kappa shape index (κ3) is 1.47. The molecule has 0 aromatic heterocycles. The van der Waals surface area contributed by atoms with Gasteiger partial charge in [0.05, 0.1) is 6.42 Å². The van der Waals surface area contributed by atoms with Gasteiger partial charge in [-0.15, -0.1) is 0 Å². The topological polar surface area (TPSA) is 29.1 Å². The minimum atomic E-state index is -0.0126. The van der Waals surface area contributed by atoms with Crippen LogP contribution in [0.3, 0.4) is 0 Å². The number of carbonyl (C=O) groups excluding carboxylic acids is 1. The summed E-state index contributed by atoms with van der Waals surface area (Å²) in [6.45, 7) is 2.01. The molecule has 0 saturated carbocycles. The van der Waals surface area contributed by atoms with Crippen molar-refractivity contribution in [1.29, 1.82) is 0 Å². The summed E-state index contributed by atoms with van der Waals surface area (Å²) >= 11 is 5.07. The van der Waals surface area contributed by atoms with Crippen LogP contribution in [0.4, 0.5) is 0 Å². The summed E-state index contributed by atoms with van der Waals surface area (Å²) in [5.41, 5.74) is 3.19. The van der Waals surface area contributed by atoms with Gasteiger partial charge >= 0.3 is 0 Å². The maximum absolute atomic E-state index is 11.1. The van der Waals surface area contributed by atoms with E-state index in [1.807, 2.05) is 25.1 Å². The molecule has 1 aromatic rings. The van der Waals surface area contributed by atoms with Gasteiger partial charge in [-0.2, -0.15) is 0 Å². The Morgan fingerprint density at radius 3 is 3.00 bits per heavy atom. The van der Waals surface area contributed by atoms with E-state index in [2.05, 4.69) is 5.32 Å². The van der Waals surface area contributed by atoms with Crippen LogP contribution in [0.5, 0.6) is 0 Å². The van der Waals surface area contributed by atoms with Crippen molar-refractivity contribution in [1.82, 2.24) is 5.32 Å². The lowest BCUT2D eigenvalue weighted by Gasteiger charge is -2.17. The highest BCUT2D eigenvalue weighted by Gasteiger charge is 2.18. The SMILES string of the molecule is Cc1ccc2c(c1)C(=S)NC(=O)C2. The molecular formula is C10H9NOS. The molecular weight excluding hydrogens is 182 g/mol.